The van der Waals surface area contributed by atoms with Gasteiger partial charge in [0.1, 0.15) is 0 Å². The summed E-state index contributed by atoms with van der Waals surface area (Å²) in [7, 11) is 0. The van der Waals surface area contributed by atoms with Gasteiger partial charge in [0.25, 0.3) is 0 Å². The topological polar surface area (TPSA) is 57.5 Å². The average molecular weight is 236 g/mol. The number of carbonyl (C=O) groups is 1. The highest BCUT2D eigenvalue weighted by molar-refractivity contribution is 5.71. The molecule has 1 aromatic carbocycles. The SMILES string of the molecule is CC(c1ccccc1)[C@@H](C[C@@H](C)CO)C(=O)O. The number of carboxylic acid groups (broad SMARTS) is 1. The van der Waals surface area contributed by atoms with Gasteiger partial charge >= 0.3 is 5.97 Å². The Labute approximate surface area is 102 Å². The molecule has 0 saturated carbocycles. The van der Waals surface area contributed by atoms with Gasteiger partial charge in [0.2, 0.25) is 0 Å². The van der Waals surface area contributed by atoms with E-state index in [9.17, 15) is 9.90 Å². The van der Waals surface area contributed by atoms with E-state index in [1.54, 1.807) is 0 Å². The van der Waals surface area contributed by atoms with Gasteiger partial charge in [-0.2, -0.15) is 0 Å². The lowest BCUT2D eigenvalue weighted by Gasteiger charge is -2.22. The van der Waals surface area contributed by atoms with Gasteiger partial charge in [0, 0.05) is 6.61 Å². The standard InChI is InChI=1S/C14H20O3/c1-10(9-15)8-13(14(16)17)11(2)12-6-4-3-5-7-12/h3-7,10-11,13,15H,8-9H2,1-2H3,(H,16,17)/t10-,11?,13-/m1/s1. The third kappa shape index (κ3) is 3.86. The molecule has 3 atom stereocenters. The number of hydrogen-bond donors (Lipinski definition) is 2. The van der Waals surface area contributed by atoms with Crippen LogP contribution in [-0.4, -0.2) is 22.8 Å². The molecule has 3 heteroatoms. The van der Waals surface area contributed by atoms with Crippen LogP contribution in [0.15, 0.2) is 30.3 Å². The van der Waals surface area contributed by atoms with Crippen LogP contribution >= 0.6 is 0 Å². The maximum absolute atomic E-state index is 11.3. The van der Waals surface area contributed by atoms with Crippen LogP contribution < -0.4 is 0 Å². The molecule has 0 spiro atoms. The first-order valence-corrected chi connectivity index (χ1v) is 5.94. The van der Waals surface area contributed by atoms with Crippen LogP contribution in [0.1, 0.15) is 31.7 Å². The molecule has 1 aromatic rings. The van der Waals surface area contributed by atoms with Crippen LogP contribution in [0.3, 0.4) is 0 Å². The van der Waals surface area contributed by atoms with Crippen molar-refractivity contribution in [1.29, 1.82) is 0 Å². The van der Waals surface area contributed by atoms with Crippen molar-refractivity contribution in [3.63, 3.8) is 0 Å². The van der Waals surface area contributed by atoms with Crippen LogP contribution in [-0.2, 0) is 4.79 Å². The van der Waals surface area contributed by atoms with E-state index in [4.69, 9.17) is 5.11 Å². The van der Waals surface area contributed by atoms with Crippen molar-refractivity contribution in [2.24, 2.45) is 11.8 Å². The monoisotopic (exact) mass is 236 g/mol. The number of hydrogen-bond acceptors (Lipinski definition) is 2. The first-order chi connectivity index (χ1) is 8.06. The zero-order chi connectivity index (χ0) is 12.8. The third-order valence-electron chi connectivity index (χ3n) is 3.21. The summed E-state index contributed by atoms with van der Waals surface area (Å²) < 4.78 is 0. The largest absolute Gasteiger partial charge is 0.481 e. The Balaban J connectivity index is 2.81. The van der Waals surface area contributed by atoms with Crippen molar-refractivity contribution >= 4 is 5.97 Å². The molecule has 1 unspecified atom stereocenters. The minimum atomic E-state index is -0.790. The maximum atomic E-state index is 11.3. The highest BCUT2D eigenvalue weighted by atomic mass is 16.4. The first kappa shape index (κ1) is 13.7. The van der Waals surface area contributed by atoms with E-state index < -0.39 is 11.9 Å². The van der Waals surface area contributed by atoms with E-state index in [1.807, 2.05) is 44.2 Å². The Bertz CT molecular complexity index is 348. The van der Waals surface area contributed by atoms with Crippen LogP contribution in [0, 0.1) is 11.8 Å². The number of aliphatic hydroxyl groups excluding tert-OH is 1. The lowest BCUT2D eigenvalue weighted by molar-refractivity contribution is -0.143. The van der Waals surface area contributed by atoms with Crippen molar-refractivity contribution in [2.75, 3.05) is 6.61 Å². The zero-order valence-electron chi connectivity index (χ0n) is 10.3. The summed E-state index contributed by atoms with van der Waals surface area (Å²) in [6.07, 6.45) is 0.502. The van der Waals surface area contributed by atoms with Gasteiger partial charge in [-0.05, 0) is 23.8 Å². The van der Waals surface area contributed by atoms with E-state index in [0.717, 1.165) is 5.56 Å². The normalized spacial score (nSPS) is 16.2. The molecule has 0 aromatic heterocycles. The molecular weight excluding hydrogens is 216 g/mol. The van der Waals surface area contributed by atoms with Crippen molar-refractivity contribution in [1.82, 2.24) is 0 Å². The number of rotatable bonds is 6. The molecule has 2 N–H and O–H groups in total. The van der Waals surface area contributed by atoms with Crippen LogP contribution in [0.2, 0.25) is 0 Å². The van der Waals surface area contributed by atoms with E-state index in [1.165, 1.54) is 0 Å². The molecule has 3 nitrogen and oxygen atoms in total. The van der Waals surface area contributed by atoms with Gasteiger partial charge in [-0.25, -0.2) is 0 Å². The van der Waals surface area contributed by atoms with Crippen molar-refractivity contribution < 1.29 is 15.0 Å². The molecule has 0 radical (unpaired) electrons. The number of aliphatic hydroxyl groups is 1. The van der Waals surface area contributed by atoms with Crippen LogP contribution in [0.4, 0.5) is 0 Å². The molecule has 0 aliphatic heterocycles. The Kier molecular flexibility index (Phi) is 5.16. The summed E-state index contributed by atoms with van der Waals surface area (Å²) in [5, 5.41) is 18.3. The Morgan fingerprint density at radius 1 is 1.24 bits per heavy atom. The Morgan fingerprint density at radius 2 is 1.82 bits per heavy atom. The van der Waals surface area contributed by atoms with Gasteiger partial charge in [-0.15, -0.1) is 0 Å². The minimum Gasteiger partial charge on any atom is -0.481 e. The molecule has 0 aliphatic rings. The molecule has 0 aliphatic carbocycles. The van der Waals surface area contributed by atoms with Gasteiger partial charge < -0.3 is 10.2 Å². The summed E-state index contributed by atoms with van der Waals surface area (Å²) in [6, 6.07) is 9.65. The van der Waals surface area contributed by atoms with Gasteiger partial charge in [-0.3, -0.25) is 4.79 Å². The molecule has 0 saturated heterocycles. The van der Waals surface area contributed by atoms with Crippen LogP contribution in [0.25, 0.3) is 0 Å². The lowest BCUT2D eigenvalue weighted by atomic mass is 9.82. The zero-order valence-corrected chi connectivity index (χ0v) is 10.3. The molecular formula is C14H20O3. The van der Waals surface area contributed by atoms with Crippen molar-refractivity contribution in [3.05, 3.63) is 35.9 Å². The Morgan fingerprint density at radius 3 is 2.29 bits per heavy atom. The maximum Gasteiger partial charge on any atom is 0.307 e. The molecule has 0 heterocycles. The van der Waals surface area contributed by atoms with Gasteiger partial charge in [-0.1, -0.05) is 44.2 Å². The number of aliphatic carboxylic acids is 1. The molecule has 1 rings (SSSR count). The quantitative estimate of drug-likeness (QED) is 0.798. The fourth-order valence-electron chi connectivity index (χ4n) is 2.02. The second kappa shape index (κ2) is 6.40. The van der Waals surface area contributed by atoms with Crippen molar-refractivity contribution in [2.45, 2.75) is 26.2 Å². The van der Waals surface area contributed by atoms with E-state index in [-0.39, 0.29) is 18.4 Å². The molecule has 0 bridgehead atoms. The van der Waals surface area contributed by atoms with E-state index >= 15 is 0 Å². The summed E-state index contributed by atoms with van der Waals surface area (Å²) in [5.41, 5.74) is 1.03. The second-order valence-corrected chi connectivity index (χ2v) is 4.67. The summed E-state index contributed by atoms with van der Waals surface area (Å²) in [4.78, 5) is 11.3. The predicted octanol–water partition coefficient (Wildman–Crippen LogP) is 2.51. The van der Waals surface area contributed by atoms with Gasteiger partial charge in [0.05, 0.1) is 5.92 Å². The smallest absolute Gasteiger partial charge is 0.307 e. The predicted molar refractivity (Wildman–Crippen MR) is 66.8 cm³/mol. The van der Waals surface area contributed by atoms with E-state index in [0.29, 0.717) is 6.42 Å². The number of benzene rings is 1. The molecule has 17 heavy (non-hydrogen) atoms. The third-order valence-corrected chi connectivity index (χ3v) is 3.21. The fraction of sp³-hybridized carbons (Fsp3) is 0.500. The van der Waals surface area contributed by atoms with Gasteiger partial charge in [0.15, 0.2) is 0 Å². The summed E-state index contributed by atoms with van der Waals surface area (Å²) >= 11 is 0. The highest BCUT2D eigenvalue weighted by Gasteiger charge is 2.27. The highest BCUT2D eigenvalue weighted by Crippen LogP contribution is 2.29. The fourth-order valence-corrected chi connectivity index (χ4v) is 2.02. The minimum absolute atomic E-state index is 0.0160. The van der Waals surface area contributed by atoms with E-state index in [2.05, 4.69) is 0 Å². The molecule has 0 fully saturated rings. The average Bonchev–Trinajstić information content (AvgIpc) is 2.35. The summed E-state index contributed by atoms with van der Waals surface area (Å²) in [6.45, 7) is 3.83. The van der Waals surface area contributed by atoms with Crippen molar-refractivity contribution in [3.8, 4) is 0 Å². The molecule has 94 valence electrons. The van der Waals surface area contributed by atoms with Crippen LogP contribution in [0.5, 0.6) is 0 Å². The first-order valence-electron chi connectivity index (χ1n) is 5.94. The second-order valence-electron chi connectivity index (χ2n) is 4.67. The number of carboxylic acids is 1. The molecule has 0 amide bonds. The summed E-state index contributed by atoms with van der Waals surface area (Å²) in [5.74, 6) is -1.26. The Hall–Kier alpha value is -1.35. The lowest BCUT2D eigenvalue weighted by Crippen LogP contribution is -2.23.